The highest BCUT2D eigenvalue weighted by Gasteiger charge is 2.32. The average molecular weight is 483 g/mol. The maximum absolute atomic E-state index is 11.8. The van der Waals surface area contributed by atoms with Gasteiger partial charge in [0.15, 0.2) is 0 Å². The van der Waals surface area contributed by atoms with E-state index in [0.717, 1.165) is 4.90 Å². The first-order chi connectivity index (χ1) is 16.3. The summed E-state index contributed by atoms with van der Waals surface area (Å²) in [6.07, 6.45) is 1.26. The summed E-state index contributed by atoms with van der Waals surface area (Å²) in [5, 5.41) is 3.13. The molecule has 2 aliphatic heterocycles. The van der Waals surface area contributed by atoms with Crippen molar-refractivity contribution in [2.45, 2.75) is 32.6 Å². The molecule has 0 aromatic heterocycles. The Bertz CT molecular complexity index is 810. The molecule has 0 atom stereocenters. The summed E-state index contributed by atoms with van der Waals surface area (Å²) in [5.41, 5.74) is 0.364. The molecule has 2 rings (SSSR count). The summed E-state index contributed by atoms with van der Waals surface area (Å²) in [7, 11) is 0. The number of amides is 5. The zero-order valence-corrected chi connectivity index (χ0v) is 19.0. The molecular weight excluding hydrogens is 454 g/mol. The summed E-state index contributed by atoms with van der Waals surface area (Å²) >= 11 is 0. The molecule has 1 fully saturated rings. The highest BCUT2D eigenvalue weighted by atomic mass is 16.7. The first-order valence-corrected chi connectivity index (χ1v) is 10.9. The third-order valence-corrected chi connectivity index (χ3v) is 4.71. The Hall–Kier alpha value is -3.16. The van der Waals surface area contributed by atoms with Crippen LogP contribution in [0.4, 0.5) is 0 Å². The summed E-state index contributed by atoms with van der Waals surface area (Å²) in [6.45, 7) is 3.34. The van der Waals surface area contributed by atoms with Gasteiger partial charge in [-0.25, -0.2) is 4.79 Å². The highest BCUT2D eigenvalue weighted by molar-refractivity contribution is 6.16. The number of carbonyl (C=O) groups is 6. The van der Waals surface area contributed by atoms with Crippen molar-refractivity contribution in [3.63, 3.8) is 0 Å². The number of ether oxygens (including phenoxy) is 3. The van der Waals surface area contributed by atoms with Crippen molar-refractivity contribution in [3.05, 3.63) is 11.6 Å². The number of nitrogens with zero attached hydrogens (tertiary/aromatic N) is 2. The van der Waals surface area contributed by atoms with E-state index in [2.05, 4.69) is 5.32 Å². The summed E-state index contributed by atoms with van der Waals surface area (Å²) in [5.74, 6) is -2.85. The van der Waals surface area contributed by atoms with Crippen LogP contribution >= 0.6 is 0 Å². The Morgan fingerprint density at radius 2 is 1.47 bits per heavy atom. The van der Waals surface area contributed by atoms with Gasteiger partial charge in [0.05, 0.1) is 46.1 Å². The molecule has 0 aromatic carbocycles. The molecule has 0 aliphatic carbocycles. The first-order valence-electron chi connectivity index (χ1n) is 10.9. The fourth-order valence-corrected chi connectivity index (χ4v) is 2.92. The number of nitrogens with one attached hydrogen (secondary N) is 1. The van der Waals surface area contributed by atoms with E-state index in [1.807, 2.05) is 0 Å². The lowest BCUT2D eigenvalue weighted by Gasteiger charge is -2.14. The Labute approximate surface area is 196 Å². The summed E-state index contributed by atoms with van der Waals surface area (Å²) in [4.78, 5) is 75.1. The van der Waals surface area contributed by atoms with Gasteiger partial charge in [-0.3, -0.25) is 28.9 Å². The van der Waals surface area contributed by atoms with Crippen LogP contribution in [-0.2, 0) is 47.8 Å². The van der Waals surface area contributed by atoms with Gasteiger partial charge in [0, 0.05) is 44.0 Å². The van der Waals surface area contributed by atoms with Gasteiger partial charge in [-0.1, -0.05) is 0 Å². The SMILES string of the molecule is CC1=CC(=O)N(CCC(=O)NCCOCCOCCOCCC(=O)ON2C(=O)CCC2=O)C1=O. The van der Waals surface area contributed by atoms with Crippen molar-refractivity contribution in [3.8, 4) is 0 Å². The maximum atomic E-state index is 11.8. The molecule has 2 aliphatic rings. The van der Waals surface area contributed by atoms with Crippen molar-refractivity contribution in [2.75, 3.05) is 52.7 Å². The van der Waals surface area contributed by atoms with Crippen molar-refractivity contribution >= 4 is 35.5 Å². The van der Waals surface area contributed by atoms with Crippen LogP contribution in [0.1, 0.15) is 32.6 Å². The Morgan fingerprint density at radius 3 is 2.06 bits per heavy atom. The van der Waals surface area contributed by atoms with Crippen molar-refractivity contribution in [1.29, 1.82) is 0 Å². The predicted molar refractivity (Wildman–Crippen MR) is 112 cm³/mol. The first kappa shape index (κ1) is 27.1. The molecule has 188 valence electrons. The standard InChI is InChI=1S/C21H29N3O10/c1-15-14-19(28)23(21(15)30)7-4-16(25)22-6-9-32-11-13-33-12-10-31-8-5-20(29)34-24-17(26)2-3-18(24)27/h14H,2-13H2,1H3,(H,22,25). The second-order valence-electron chi connectivity index (χ2n) is 7.35. The van der Waals surface area contributed by atoms with Gasteiger partial charge in [-0.05, 0) is 6.92 Å². The van der Waals surface area contributed by atoms with Crippen LogP contribution in [0.2, 0.25) is 0 Å². The minimum atomic E-state index is -0.727. The minimum absolute atomic E-state index is 0.0218. The predicted octanol–water partition coefficient (Wildman–Crippen LogP) is -1.15. The average Bonchev–Trinajstić information content (AvgIpc) is 3.24. The molecule has 0 bridgehead atoms. The van der Waals surface area contributed by atoms with Gasteiger partial charge >= 0.3 is 5.97 Å². The third-order valence-electron chi connectivity index (χ3n) is 4.71. The van der Waals surface area contributed by atoms with Gasteiger partial charge in [0.25, 0.3) is 23.6 Å². The molecule has 0 aromatic rings. The van der Waals surface area contributed by atoms with Crippen LogP contribution < -0.4 is 5.32 Å². The van der Waals surface area contributed by atoms with Crippen LogP contribution in [0.3, 0.4) is 0 Å². The molecular formula is C21H29N3O10. The van der Waals surface area contributed by atoms with Gasteiger partial charge in [0.2, 0.25) is 5.91 Å². The quantitative estimate of drug-likeness (QED) is 0.210. The number of hydrogen-bond donors (Lipinski definition) is 1. The molecule has 2 heterocycles. The zero-order valence-electron chi connectivity index (χ0n) is 19.0. The van der Waals surface area contributed by atoms with Gasteiger partial charge in [-0.15, -0.1) is 5.06 Å². The fourth-order valence-electron chi connectivity index (χ4n) is 2.92. The number of imide groups is 2. The van der Waals surface area contributed by atoms with E-state index >= 15 is 0 Å². The van der Waals surface area contributed by atoms with E-state index in [1.165, 1.54) is 6.08 Å². The lowest BCUT2D eigenvalue weighted by atomic mass is 10.3. The van der Waals surface area contributed by atoms with E-state index < -0.39 is 23.7 Å². The molecule has 0 saturated carbocycles. The topological polar surface area (TPSA) is 158 Å². The van der Waals surface area contributed by atoms with Crippen LogP contribution in [0, 0.1) is 0 Å². The molecule has 0 spiro atoms. The van der Waals surface area contributed by atoms with E-state index in [4.69, 9.17) is 19.0 Å². The normalized spacial score (nSPS) is 15.9. The molecule has 34 heavy (non-hydrogen) atoms. The third kappa shape index (κ3) is 9.00. The molecule has 1 saturated heterocycles. The Balaban J connectivity index is 1.35. The van der Waals surface area contributed by atoms with E-state index in [9.17, 15) is 28.8 Å². The summed E-state index contributed by atoms with van der Waals surface area (Å²) < 4.78 is 15.8. The monoisotopic (exact) mass is 483 g/mol. The summed E-state index contributed by atoms with van der Waals surface area (Å²) in [6, 6.07) is 0. The molecule has 13 nitrogen and oxygen atoms in total. The van der Waals surface area contributed by atoms with Crippen molar-refractivity contribution in [1.82, 2.24) is 15.3 Å². The molecule has 13 heteroatoms. The van der Waals surface area contributed by atoms with Crippen molar-refractivity contribution in [2.24, 2.45) is 0 Å². The lowest BCUT2D eigenvalue weighted by Crippen LogP contribution is -2.36. The second-order valence-corrected chi connectivity index (χ2v) is 7.35. The molecule has 0 radical (unpaired) electrons. The Morgan fingerprint density at radius 1 is 0.882 bits per heavy atom. The minimum Gasteiger partial charge on any atom is -0.378 e. The van der Waals surface area contributed by atoms with Crippen LogP contribution in [0.25, 0.3) is 0 Å². The van der Waals surface area contributed by atoms with Crippen LogP contribution in [0.15, 0.2) is 11.6 Å². The van der Waals surface area contributed by atoms with Crippen LogP contribution in [0.5, 0.6) is 0 Å². The zero-order chi connectivity index (χ0) is 24.9. The van der Waals surface area contributed by atoms with Gasteiger partial charge in [-0.2, -0.15) is 0 Å². The molecule has 5 amide bonds. The number of hydrogen-bond acceptors (Lipinski definition) is 10. The van der Waals surface area contributed by atoms with Gasteiger partial charge in [0.1, 0.15) is 0 Å². The second kappa shape index (κ2) is 14.2. The highest BCUT2D eigenvalue weighted by Crippen LogP contribution is 2.13. The van der Waals surface area contributed by atoms with E-state index in [0.29, 0.717) is 23.9 Å². The van der Waals surface area contributed by atoms with E-state index in [1.54, 1.807) is 6.92 Å². The van der Waals surface area contributed by atoms with Gasteiger partial charge < -0.3 is 24.4 Å². The smallest absolute Gasteiger partial charge is 0.335 e. The molecule has 1 N–H and O–H groups in total. The lowest BCUT2D eigenvalue weighted by molar-refractivity contribution is -0.198. The van der Waals surface area contributed by atoms with Crippen LogP contribution in [-0.4, -0.2) is 98.2 Å². The van der Waals surface area contributed by atoms with Crippen molar-refractivity contribution < 1.29 is 47.8 Å². The fraction of sp³-hybridized carbons (Fsp3) is 0.619. The van der Waals surface area contributed by atoms with E-state index in [-0.39, 0.29) is 77.0 Å². The Kier molecular flexibility index (Phi) is 11.3. The number of rotatable bonds is 16. The maximum Gasteiger partial charge on any atom is 0.335 e. The molecule has 0 unspecified atom stereocenters. The largest absolute Gasteiger partial charge is 0.378 e. The number of carbonyl (C=O) groups excluding carboxylic acids is 6. The number of hydroxylamine groups is 2.